The Bertz CT molecular complexity index is 341. The Morgan fingerprint density at radius 1 is 1.45 bits per heavy atom. The molecule has 1 aromatic rings. The molecule has 1 aliphatic heterocycles. The second-order valence-electron chi connectivity index (χ2n) is 6.06. The van der Waals surface area contributed by atoms with Crippen LogP contribution in [-0.2, 0) is 6.42 Å². The number of imidazole rings is 1. The molecule has 2 heterocycles. The molecular weight excluding hydrogens is 248 g/mol. The molecule has 114 valence electrons. The Balaban J connectivity index is 1.57. The van der Waals surface area contributed by atoms with E-state index in [-0.39, 0.29) is 0 Å². The van der Waals surface area contributed by atoms with Crippen LogP contribution < -0.4 is 5.32 Å². The average molecular weight is 278 g/mol. The summed E-state index contributed by atoms with van der Waals surface area (Å²) in [7, 11) is 0. The molecule has 0 radical (unpaired) electrons. The van der Waals surface area contributed by atoms with Crippen LogP contribution in [0.4, 0.5) is 0 Å². The molecule has 0 aliphatic carbocycles. The van der Waals surface area contributed by atoms with Crippen molar-refractivity contribution in [3.63, 3.8) is 0 Å². The number of hydrogen-bond donors (Lipinski definition) is 2. The van der Waals surface area contributed by atoms with Crippen LogP contribution in [0.2, 0.25) is 0 Å². The van der Waals surface area contributed by atoms with Gasteiger partial charge in [0, 0.05) is 24.9 Å². The van der Waals surface area contributed by atoms with Crippen molar-refractivity contribution in [1.29, 1.82) is 0 Å². The maximum Gasteiger partial charge on any atom is 0.106 e. The minimum Gasteiger partial charge on any atom is -0.349 e. The molecule has 4 heteroatoms. The lowest BCUT2D eigenvalue weighted by molar-refractivity contribution is 0.163. The van der Waals surface area contributed by atoms with Gasteiger partial charge in [-0.25, -0.2) is 4.98 Å². The lowest BCUT2D eigenvalue weighted by Crippen LogP contribution is -2.42. The zero-order valence-corrected chi connectivity index (χ0v) is 13.1. The van der Waals surface area contributed by atoms with E-state index in [1.165, 1.54) is 38.9 Å². The molecule has 1 atom stereocenters. The van der Waals surface area contributed by atoms with Crippen molar-refractivity contribution >= 4 is 0 Å². The van der Waals surface area contributed by atoms with Crippen LogP contribution in [0.15, 0.2) is 12.4 Å². The van der Waals surface area contributed by atoms with Crippen molar-refractivity contribution in [3.8, 4) is 0 Å². The summed E-state index contributed by atoms with van der Waals surface area (Å²) in [5.74, 6) is 1.96. The first-order valence-electron chi connectivity index (χ1n) is 8.23. The predicted molar refractivity (Wildman–Crippen MR) is 83.8 cm³/mol. The van der Waals surface area contributed by atoms with Crippen molar-refractivity contribution in [1.82, 2.24) is 20.2 Å². The lowest BCUT2D eigenvalue weighted by atomic mass is 9.90. The predicted octanol–water partition coefficient (Wildman–Crippen LogP) is 2.44. The van der Waals surface area contributed by atoms with Crippen LogP contribution in [0.5, 0.6) is 0 Å². The van der Waals surface area contributed by atoms with Gasteiger partial charge in [0.25, 0.3) is 0 Å². The molecule has 0 spiro atoms. The van der Waals surface area contributed by atoms with E-state index in [9.17, 15) is 0 Å². The zero-order valence-electron chi connectivity index (χ0n) is 13.1. The Labute approximate surface area is 123 Å². The summed E-state index contributed by atoms with van der Waals surface area (Å²) < 4.78 is 0. The minimum absolute atomic E-state index is 0.648. The van der Waals surface area contributed by atoms with Gasteiger partial charge in [-0.15, -0.1) is 0 Å². The van der Waals surface area contributed by atoms with E-state index in [2.05, 4.69) is 34.0 Å². The topological polar surface area (TPSA) is 44.0 Å². The first kappa shape index (κ1) is 15.5. The van der Waals surface area contributed by atoms with Crippen LogP contribution in [0.25, 0.3) is 0 Å². The van der Waals surface area contributed by atoms with Crippen LogP contribution >= 0.6 is 0 Å². The Morgan fingerprint density at radius 3 is 2.90 bits per heavy atom. The van der Waals surface area contributed by atoms with Crippen molar-refractivity contribution in [2.45, 2.75) is 52.0 Å². The Hall–Kier alpha value is -0.870. The summed E-state index contributed by atoms with van der Waals surface area (Å²) in [6.45, 7) is 9.57. The third-order valence-electron chi connectivity index (χ3n) is 4.49. The van der Waals surface area contributed by atoms with E-state index in [0.717, 1.165) is 31.1 Å². The molecule has 0 bridgehead atoms. The monoisotopic (exact) mass is 278 g/mol. The molecule has 1 fully saturated rings. The fraction of sp³-hybridized carbons (Fsp3) is 0.812. The zero-order chi connectivity index (χ0) is 14.2. The van der Waals surface area contributed by atoms with Crippen molar-refractivity contribution in [3.05, 3.63) is 18.2 Å². The number of hydrogen-bond acceptors (Lipinski definition) is 3. The van der Waals surface area contributed by atoms with Crippen molar-refractivity contribution < 1.29 is 0 Å². The maximum absolute atomic E-state index is 4.26. The SMILES string of the molecule is CCCN1CCC(C(C)NCCCc2ncc[nH]2)CC1. The highest BCUT2D eigenvalue weighted by molar-refractivity contribution is 4.87. The van der Waals surface area contributed by atoms with Gasteiger partial charge in [-0.2, -0.15) is 0 Å². The van der Waals surface area contributed by atoms with Gasteiger partial charge in [0.2, 0.25) is 0 Å². The molecule has 0 aromatic carbocycles. The quantitative estimate of drug-likeness (QED) is 0.718. The molecule has 1 aromatic heterocycles. The van der Waals surface area contributed by atoms with Crippen LogP contribution in [-0.4, -0.2) is 47.1 Å². The molecule has 2 rings (SSSR count). The van der Waals surface area contributed by atoms with Crippen molar-refractivity contribution in [2.24, 2.45) is 5.92 Å². The highest BCUT2D eigenvalue weighted by Gasteiger charge is 2.22. The normalized spacial score (nSPS) is 19.3. The van der Waals surface area contributed by atoms with E-state index in [1.807, 2.05) is 12.4 Å². The number of aromatic nitrogens is 2. The van der Waals surface area contributed by atoms with E-state index in [4.69, 9.17) is 0 Å². The van der Waals surface area contributed by atoms with E-state index >= 15 is 0 Å². The molecule has 20 heavy (non-hydrogen) atoms. The first-order valence-corrected chi connectivity index (χ1v) is 8.23. The van der Waals surface area contributed by atoms with Gasteiger partial charge in [-0.1, -0.05) is 6.92 Å². The van der Waals surface area contributed by atoms with Gasteiger partial charge in [-0.3, -0.25) is 0 Å². The van der Waals surface area contributed by atoms with Crippen molar-refractivity contribution in [2.75, 3.05) is 26.2 Å². The summed E-state index contributed by atoms with van der Waals surface area (Å²) in [6.07, 6.45) is 9.92. The van der Waals surface area contributed by atoms with E-state index < -0.39 is 0 Å². The number of aromatic amines is 1. The lowest BCUT2D eigenvalue weighted by Gasteiger charge is -2.35. The third kappa shape index (κ3) is 4.91. The smallest absolute Gasteiger partial charge is 0.106 e. The summed E-state index contributed by atoms with van der Waals surface area (Å²) in [6, 6.07) is 0.648. The molecule has 0 saturated carbocycles. The van der Waals surface area contributed by atoms with Gasteiger partial charge in [0.15, 0.2) is 0 Å². The molecule has 2 N–H and O–H groups in total. The summed E-state index contributed by atoms with van der Waals surface area (Å²) >= 11 is 0. The average Bonchev–Trinajstić information content (AvgIpc) is 2.98. The molecule has 1 unspecified atom stereocenters. The van der Waals surface area contributed by atoms with Gasteiger partial charge >= 0.3 is 0 Å². The summed E-state index contributed by atoms with van der Waals surface area (Å²) in [5, 5.41) is 3.70. The fourth-order valence-corrected chi connectivity index (χ4v) is 3.18. The number of aryl methyl sites for hydroxylation is 1. The van der Waals surface area contributed by atoms with Gasteiger partial charge in [0.05, 0.1) is 0 Å². The largest absolute Gasteiger partial charge is 0.349 e. The van der Waals surface area contributed by atoms with E-state index in [0.29, 0.717) is 6.04 Å². The van der Waals surface area contributed by atoms with Gasteiger partial charge in [0.1, 0.15) is 5.82 Å². The van der Waals surface area contributed by atoms with Crippen LogP contribution in [0.3, 0.4) is 0 Å². The first-order chi connectivity index (χ1) is 9.79. The molecular formula is C16H30N4. The summed E-state index contributed by atoms with van der Waals surface area (Å²) in [5.41, 5.74) is 0. The van der Waals surface area contributed by atoms with Gasteiger partial charge in [-0.05, 0) is 64.7 Å². The molecule has 1 aliphatic rings. The molecule has 1 saturated heterocycles. The maximum atomic E-state index is 4.26. The number of nitrogens with one attached hydrogen (secondary N) is 2. The number of likely N-dealkylation sites (tertiary alicyclic amines) is 1. The third-order valence-corrected chi connectivity index (χ3v) is 4.49. The van der Waals surface area contributed by atoms with Crippen LogP contribution in [0, 0.1) is 5.92 Å². The standard InChI is InChI=1S/C16H30N4/c1-3-11-20-12-6-15(7-13-20)14(2)17-8-4-5-16-18-9-10-19-16/h9-10,14-15,17H,3-8,11-13H2,1-2H3,(H,18,19). The van der Waals surface area contributed by atoms with Gasteiger partial charge < -0.3 is 15.2 Å². The highest BCUT2D eigenvalue weighted by atomic mass is 15.1. The fourth-order valence-electron chi connectivity index (χ4n) is 3.18. The number of piperidine rings is 1. The minimum atomic E-state index is 0.648. The molecule has 0 amide bonds. The number of nitrogens with zero attached hydrogens (tertiary/aromatic N) is 2. The second kappa shape index (κ2) is 8.42. The molecule has 4 nitrogen and oxygen atoms in total. The number of rotatable bonds is 8. The second-order valence-corrected chi connectivity index (χ2v) is 6.06. The van der Waals surface area contributed by atoms with E-state index in [1.54, 1.807) is 0 Å². The Kier molecular flexibility index (Phi) is 6.54. The number of H-pyrrole nitrogens is 1. The summed E-state index contributed by atoms with van der Waals surface area (Å²) in [4.78, 5) is 10.0. The highest BCUT2D eigenvalue weighted by Crippen LogP contribution is 2.20. The van der Waals surface area contributed by atoms with Crippen LogP contribution in [0.1, 0.15) is 45.4 Å². The Morgan fingerprint density at radius 2 is 2.25 bits per heavy atom.